The van der Waals surface area contributed by atoms with Gasteiger partial charge in [0.2, 0.25) is 0 Å². The number of ether oxygens (including phenoxy) is 1. The molecule has 0 bridgehead atoms. The van der Waals surface area contributed by atoms with Crippen molar-refractivity contribution in [2.24, 2.45) is 5.10 Å². The average Bonchev–Trinajstić information content (AvgIpc) is 3.36. The number of hydrazone groups is 1. The van der Waals surface area contributed by atoms with Crippen LogP contribution in [0.5, 0.6) is 5.75 Å². The van der Waals surface area contributed by atoms with E-state index in [9.17, 15) is 9.59 Å². The summed E-state index contributed by atoms with van der Waals surface area (Å²) in [6.45, 7) is -0.333. The molecular formula is C28H19N5O4. The van der Waals surface area contributed by atoms with Crippen molar-refractivity contribution in [3.05, 3.63) is 113 Å². The average molecular weight is 489 g/mol. The first kappa shape index (κ1) is 23.3. The smallest absolute Gasteiger partial charge is 0.345 e. The Bertz CT molecular complexity index is 1710. The number of carbonyl (C=O) groups is 1. The van der Waals surface area contributed by atoms with E-state index >= 15 is 0 Å². The SMILES string of the molecule is N#Cc1ccccc1OCC(=O)N/N=C/c1cn(-c2ccccc2)nc1-c1cc2ccccc2oc1=O. The number of fused-ring (bicyclic) bond motifs is 1. The molecule has 9 heteroatoms. The zero-order valence-corrected chi connectivity index (χ0v) is 19.4. The Balaban J connectivity index is 1.41. The van der Waals surface area contributed by atoms with Crippen LogP contribution in [0.15, 0.2) is 105 Å². The molecule has 2 heterocycles. The molecule has 2 aromatic heterocycles. The van der Waals surface area contributed by atoms with E-state index in [0.717, 1.165) is 11.1 Å². The maximum absolute atomic E-state index is 12.8. The Labute approximate surface area is 210 Å². The summed E-state index contributed by atoms with van der Waals surface area (Å²) in [7, 11) is 0. The van der Waals surface area contributed by atoms with Crippen LogP contribution in [-0.4, -0.2) is 28.5 Å². The van der Waals surface area contributed by atoms with Gasteiger partial charge in [0.25, 0.3) is 5.91 Å². The minimum absolute atomic E-state index is 0.262. The van der Waals surface area contributed by atoms with Crippen LogP contribution >= 0.6 is 0 Å². The molecule has 0 aliphatic carbocycles. The van der Waals surface area contributed by atoms with Crippen molar-refractivity contribution in [1.82, 2.24) is 15.2 Å². The first-order valence-electron chi connectivity index (χ1n) is 11.2. The van der Waals surface area contributed by atoms with Crippen LogP contribution in [0.25, 0.3) is 27.9 Å². The number of nitrogens with one attached hydrogen (secondary N) is 1. The van der Waals surface area contributed by atoms with E-state index in [1.54, 1.807) is 53.3 Å². The normalized spacial score (nSPS) is 10.9. The van der Waals surface area contributed by atoms with Gasteiger partial charge in [0.15, 0.2) is 6.61 Å². The van der Waals surface area contributed by atoms with Gasteiger partial charge in [-0.3, -0.25) is 4.79 Å². The number of hydrogen-bond acceptors (Lipinski definition) is 7. The largest absolute Gasteiger partial charge is 0.482 e. The second kappa shape index (κ2) is 10.4. The molecule has 0 saturated heterocycles. The van der Waals surface area contributed by atoms with Gasteiger partial charge in [0.1, 0.15) is 23.1 Å². The highest BCUT2D eigenvalue weighted by Gasteiger charge is 2.16. The number of benzene rings is 3. The highest BCUT2D eigenvalue weighted by molar-refractivity contribution is 5.91. The quantitative estimate of drug-likeness (QED) is 0.209. The predicted octanol–water partition coefficient (Wildman–Crippen LogP) is 4.05. The number of rotatable bonds is 7. The van der Waals surface area contributed by atoms with Crippen LogP contribution in [0.2, 0.25) is 0 Å². The van der Waals surface area contributed by atoms with Crippen molar-refractivity contribution in [3.8, 4) is 28.8 Å². The number of amides is 1. The number of hydrogen-bond donors (Lipinski definition) is 1. The molecule has 3 aromatic carbocycles. The summed E-state index contributed by atoms with van der Waals surface area (Å²) in [5.74, 6) is -0.218. The Kier molecular flexibility index (Phi) is 6.55. The highest BCUT2D eigenvalue weighted by Crippen LogP contribution is 2.23. The minimum Gasteiger partial charge on any atom is -0.482 e. The van der Waals surface area contributed by atoms with Crippen molar-refractivity contribution < 1.29 is 13.9 Å². The van der Waals surface area contributed by atoms with Gasteiger partial charge < -0.3 is 9.15 Å². The van der Waals surface area contributed by atoms with Crippen LogP contribution in [-0.2, 0) is 4.79 Å². The lowest BCUT2D eigenvalue weighted by atomic mass is 10.1. The van der Waals surface area contributed by atoms with E-state index in [-0.39, 0.29) is 12.2 Å². The van der Waals surface area contributed by atoms with E-state index in [0.29, 0.717) is 28.2 Å². The zero-order valence-electron chi connectivity index (χ0n) is 19.4. The van der Waals surface area contributed by atoms with Crippen LogP contribution in [0, 0.1) is 11.3 Å². The molecule has 180 valence electrons. The number of aromatic nitrogens is 2. The third-order valence-electron chi connectivity index (χ3n) is 5.42. The summed E-state index contributed by atoms with van der Waals surface area (Å²) in [6.07, 6.45) is 3.10. The van der Waals surface area contributed by atoms with Gasteiger partial charge in [0, 0.05) is 17.1 Å². The minimum atomic E-state index is -0.541. The van der Waals surface area contributed by atoms with Gasteiger partial charge in [-0.2, -0.15) is 15.5 Å². The molecule has 0 radical (unpaired) electrons. The summed E-state index contributed by atoms with van der Waals surface area (Å²) in [4.78, 5) is 25.1. The van der Waals surface area contributed by atoms with Crippen molar-refractivity contribution >= 4 is 23.1 Å². The van der Waals surface area contributed by atoms with Crippen LogP contribution in [0.4, 0.5) is 0 Å². The Morgan fingerprint density at radius 1 is 1.08 bits per heavy atom. The fourth-order valence-corrected chi connectivity index (χ4v) is 3.67. The fraction of sp³-hybridized carbons (Fsp3) is 0.0357. The molecule has 0 saturated carbocycles. The maximum atomic E-state index is 12.8. The monoisotopic (exact) mass is 489 g/mol. The molecule has 0 spiro atoms. The van der Waals surface area contributed by atoms with Crippen molar-refractivity contribution in [2.75, 3.05) is 6.61 Å². The van der Waals surface area contributed by atoms with Gasteiger partial charge in [-0.05, 0) is 36.4 Å². The second-order valence-corrected chi connectivity index (χ2v) is 7.89. The van der Waals surface area contributed by atoms with Crippen LogP contribution in [0.1, 0.15) is 11.1 Å². The molecule has 37 heavy (non-hydrogen) atoms. The highest BCUT2D eigenvalue weighted by atomic mass is 16.5. The fourth-order valence-electron chi connectivity index (χ4n) is 3.67. The van der Waals surface area contributed by atoms with E-state index in [1.165, 1.54) is 6.21 Å². The predicted molar refractivity (Wildman–Crippen MR) is 137 cm³/mol. The lowest BCUT2D eigenvalue weighted by molar-refractivity contribution is -0.123. The summed E-state index contributed by atoms with van der Waals surface area (Å²) in [6, 6.07) is 26.9. The number of nitrogens with zero attached hydrogens (tertiary/aromatic N) is 4. The van der Waals surface area contributed by atoms with E-state index in [4.69, 9.17) is 14.4 Å². The van der Waals surface area contributed by atoms with E-state index in [2.05, 4.69) is 15.6 Å². The zero-order chi connectivity index (χ0) is 25.6. The summed E-state index contributed by atoms with van der Waals surface area (Å²) < 4.78 is 12.5. The van der Waals surface area contributed by atoms with Gasteiger partial charge in [-0.1, -0.05) is 48.5 Å². The molecule has 0 aliphatic heterocycles. The first-order chi connectivity index (χ1) is 18.1. The summed E-state index contributed by atoms with van der Waals surface area (Å²) in [5, 5.41) is 18.5. The van der Waals surface area contributed by atoms with E-state index < -0.39 is 11.5 Å². The molecule has 0 atom stereocenters. The third kappa shape index (κ3) is 5.13. The van der Waals surface area contributed by atoms with E-state index in [1.807, 2.05) is 48.5 Å². The molecule has 1 amide bonds. The molecular weight excluding hydrogens is 470 g/mol. The molecule has 0 aliphatic rings. The topological polar surface area (TPSA) is 123 Å². The maximum Gasteiger partial charge on any atom is 0.345 e. The number of carbonyl (C=O) groups excluding carboxylic acids is 1. The lowest BCUT2D eigenvalue weighted by Gasteiger charge is -2.06. The first-order valence-corrected chi connectivity index (χ1v) is 11.2. The van der Waals surface area contributed by atoms with Crippen molar-refractivity contribution in [1.29, 1.82) is 5.26 Å². The second-order valence-electron chi connectivity index (χ2n) is 7.89. The van der Waals surface area contributed by atoms with Gasteiger partial charge in [0.05, 0.1) is 23.0 Å². The standard InChI is InChI=1S/C28H19N5O4/c29-15-20-9-5-6-12-24(20)36-18-26(34)31-30-16-21-17-33(22-10-2-1-3-11-22)32-27(21)23-14-19-8-4-7-13-25(19)37-28(23)35/h1-14,16-17H,18H2,(H,31,34)/b30-16+. The lowest BCUT2D eigenvalue weighted by Crippen LogP contribution is -2.24. The Morgan fingerprint density at radius 3 is 2.68 bits per heavy atom. The number of para-hydroxylation sites is 3. The molecule has 9 nitrogen and oxygen atoms in total. The van der Waals surface area contributed by atoms with Gasteiger partial charge in [-0.25, -0.2) is 14.9 Å². The van der Waals surface area contributed by atoms with Crippen LogP contribution < -0.4 is 15.8 Å². The van der Waals surface area contributed by atoms with Gasteiger partial charge >= 0.3 is 5.63 Å². The molecule has 5 rings (SSSR count). The molecule has 5 aromatic rings. The van der Waals surface area contributed by atoms with Crippen LogP contribution in [0.3, 0.4) is 0 Å². The Morgan fingerprint density at radius 2 is 1.84 bits per heavy atom. The van der Waals surface area contributed by atoms with Crippen molar-refractivity contribution in [3.63, 3.8) is 0 Å². The molecule has 1 N–H and O–H groups in total. The summed E-state index contributed by atoms with van der Waals surface area (Å²) in [5.41, 5.74) is 4.53. The number of nitriles is 1. The molecule has 0 unspecified atom stereocenters. The third-order valence-corrected chi connectivity index (χ3v) is 5.42. The van der Waals surface area contributed by atoms with Crippen molar-refractivity contribution in [2.45, 2.75) is 0 Å². The summed E-state index contributed by atoms with van der Waals surface area (Å²) >= 11 is 0. The Hall–Kier alpha value is -5.49. The molecule has 0 fully saturated rings. The van der Waals surface area contributed by atoms with Gasteiger partial charge in [-0.15, -0.1) is 0 Å².